The number of ether oxygens (including phenoxy) is 1. The van der Waals surface area contributed by atoms with Crippen molar-refractivity contribution >= 4 is 11.6 Å². The lowest BCUT2D eigenvalue weighted by Crippen LogP contribution is -2.30. The van der Waals surface area contributed by atoms with Crippen LogP contribution in [0.15, 0.2) is 42.5 Å². The zero-order chi connectivity index (χ0) is 17.5. The minimum absolute atomic E-state index is 0.142. The van der Waals surface area contributed by atoms with Gasteiger partial charge in [-0.25, -0.2) is 0 Å². The molecule has 1 amide bonds. The largest absolute Gasteiger partial charge is 0.481 e. The van der Waals surface area contributed by atoms with Crippen LogP contribution in [-0.2, 0) is 11.2 Å². The molecule has 1 N–H and O–H groups in total. The van der Waals surface area contributed by atoms with Gasteiger partial charge in [0.1, 0.15) is 5.75 Å². The molecule has 0 heterocycles. The van der Waals surface area contributed by atoms with Gasteiger partial charge in [-0.3, -0.25) is 4.79 Å². The fraction of sp³-hybridized carbons (Fsp3) is 0.381. The van der Waals surface area contributed by atoms with E-state index in [2.05, 4.69) is 30.4 Å². The topological polar surface area (TPSA) is 38.3 Å². The van der Waals surface area contributed by atoms with Crippen LogP contribution in [0, 0.1) is 13.8 Å². The number of carbonyl (C=O) groups is 1. The molecule has 2 aromatic carbocycles. The summed E-state index contributed by atoms with van der Waals surface area (Å²) in [4.78, 5) is 12.3. The van der Waals surface area contributed by atoms with Gasteiger partial charge < -0.3 is 10.1 Å². The molecule has 128 valence electrons. The molecule has 0 fully saturated rings. The summed E-state index contributed by atoms with van der Waals surface area (Å²) in [6.45, 7) is 7.98. The molecule has 0 bridgehead atoms. The Morgan fingerprint density at radius 3 is 2.46 bits per heavy atom. The van der Waals surface area contributed by atoms with Gasteiger partial charge in [0, 0.05) is 5.69 Å². The molecule has 0 radical (unpaired) electrons. The van der Waals surface area contributed by atoms with Crippen LogP contribution >= 0.6 is 0 Å². The molecule has 0 aliphatic carbocycles. The maximum atomic E-state index is 12.3. The van der Waals surface area contributed by atoms with E-state index in [0.29, 0.717) is 0 Å². The Kier molecular flexibility index (Phi) is 6.42. The van der Waals surface area contributed by atoms with Gasteiger partial charge >= 0.3 is 0 Å². The van der Waals surface area contributed by atoms with Crippen LogP contribution in [0.5, 0.6) is 5.75 Å². The van der Waals surface area contributed by atoms with E-state index in [9.17, 15) is 4.79 Å². The van der Waals surface area contributed by atoms with Crippen molar-refractivity contribution in [3.63, 3.8) is 0 Å². The number of benzene rings is 2. The summed E-state index contributed by atoms with van der Waals surface area (Å²) in [5, 5.41) is 2.91. The molecular formula is C21H27NO2. The zero-order valence-corrected chi connectivity index (χ0v) is 15.1. The SMILES string of the molecule is CCCCc1ccc(NC(=O)C(C)Oc2ccc(C)cc2C)cc1. The maximum absolute atomic E-state index is 12.3. The first kappa shape index (κ1) is 18.1. The highest BCUT2D eigenvalue weighted by molar-refractivity contribution is 5.94. The lowest BCUT2D eigenvalue weighted by molar-refractivity contribution is -0.122. The average Bonchev–Trinajstić information content (AvgIpc) is 2.56. The molecule has 0 aliphatic heterocycles. The summed E-state index contributed by atoms with van der Waals surface area (Å²) in [7, 11) is 0. The normalized spacial score (nSPS) is 11.8. The lowest BCUT2D eigenvalue weighted by atomic mass is 10.1. The number of aryl methyl sites for hydroxylation is 3. The van der Waals surface area contributed by atoms with Crippen molar-refractivity contribution in [3.05, 3.63) is 59.2 Å². The highest BCUT2D eigenvalue weighted by Gasteiger charge is 2.15. The fourth-order valence-electron chi connectivity index (χ4n) is 2.56. The Balaban J connectivity index is 1.93. The van der Waals surface area contributed by atoms with Gasteiger partial charge in [0.2, 0.25) is 0 Å². The molecule has 3 nitrogen and oxygen atoms in total. The number of unbranched alkanes of at least 4 members (excludes halogenated alkanes) is 1. The standard InChI is InChI=1S/C21H27NO2/c1-5-6-7-18-9-11-19(12-10-18)22-21(23)17(4)24-20-13-8-15(2)14-16(20)3/h8-14,17H,5-7H2,1-4H3,(H,22,23). The van der Waals surface area contributed by atoms with Crippen LogP contribution in [0.4, 0.5) is 5.69 Å². The van der Waals surface area contributed by atoms with Crippen molar-refractivity contribution < 1.29 is 9.53 Å². The van der Waals surface area contributed by atoms with E-state index < -0.39 is 6.10 Å². The summed E-state index contributed by atoms with van der Waals surface area (Å²) in [5.41, 5.74) is 4.32. The molecular weight excluding hydrogens is 298 g/mol. The van der Waals surface area contributed by atoms with Crippen LogP contribution < -0.4 is 10.1 Å². The molecule has 2 aromatic rings. The van der Waals surface area contributed by atoms with E-state index in [1.165, 1.54) is 24.0 Å². The molecule has 1 atom stereocenters. The smallest absolute Gasteiger partial charge is 0.265 e. The number of hydrogen-bond acceptors (Lipinski definition) is 2. The summed E-state index contributed by atoms with van der Waals surface area (Å²) >= 11 is 0. The van der Waals surface area contributed by atoms with Crippen LogP contribution in [-0.4, -0.2) is 12.0 Å². The highest BCUT2D eigenvalue weighted by Crippen LogP contribution is 2.20. The van der Waals surface area contributed by atoms with Gasteiger partial charge in [-0.05, 0) is 62.9 Å². The van der Waals surface area contributed by atoms with Crippen molar-refractivity contribution in [2.75, 3.05) is 5.32 Å². The number of anilines is 1. The Hall–Kier alpha value is -2.29. The van der Waals surface area contributed by atoms with Gasteiger partial charge in [-0.15, -0.1) is 0 Å². The lowest BCUT2D eigenvalue weighted by Gasteiger charge is -2.16. The highest BCUT2D eigenvalue weighted by atomic mass is 16.5. The molecule has 1 unspecified atom stereocenters. The van der Waals surface area contributed by atoms with Crippen molar-refractivity contribution in [1.29, 1.82) is 0 Å². The molecule has 24 heavy (non-hydrogen) atoms. The Bertz CT molecular complexity index is 677. The summed E-state index contributed by atoms with van der Waals surface area (Å²) in [6, 6.07) is 14.0. The first-order chi connectivity index (χ1) is 11.5. The third-order valence-corrected chi connectivity index (χ3v) is 4.04. The van der Waals surface area contributed by atoms with Gasteiger partial charge in [0.05, 0.1) is 0 Å². The van der Waals surface area contributed by atoms with E-state index in [0.717, 1.165) is 23.4 Å². The summed E-state index contributed by atoms with van der Waals surface area (Å²) < 4.78 is 5.80. The molecule has 2 rings (SSSR count). The van der Waals surface area contributed by atoms with Crippen molar-refractivity contribution in [2.24, 2.45) is 0 Å². The van der Waals surface area contributed by atoms with Crippen LogP contribution in [0.3, 0.4) is 0 Å². The second-order valence-electron chi connectivity index (χ2n) is 6.32. The monoisotopic (exact) mass is 325 g/mol. The molecule has 0 aromatic heterocycles. The van der Waals surface area contributed by atoms with Gasteiger partial charge in [0.15, 0.2) is 6.10 Å². The summed E-state index contributed by atoms with van der Waals surface area (Å²) in [5.74, 6) is 0.606. The van der Waals surface area contributed by atoms with Crippen LogP contribution in [0.1, 0.15) is 43.4 Å². The van der Waals surface area contributed by atoms with Crippen molar-refractivity contribution in [3.8, 4) is 5.75 Å². The van der Waals surface area contributed by atoms with Gasteiger partial charge in [0.25, 0.3) is 5.91 Å². The third kappa shape index (κ3) is 5.12. The number of nitrogens with one attached hydrogen (secondary N) is 1. The van der Waals surface area contributed by atoms with E-state index in [-0.39, 0.29) is 5.91 Å². The molecule has 0 spiro atoms. The van der Waals surface area contributed by atoms with Gasteiger partial charge in [-0.2, -0.15) is 0 Å². The average molecular weight is 325 g/mol. The first-order valence-corrected chi connectivity index (χ1v) is 8.63. The number of hydrogen-bond donors (Lipinski definition) is 1. The van der Waals surface area contributed by atoms with E-state index >= 15 is 0 Å². The Morgan fingerprint density at radius 2 is 1.83 bits per heavy atom. The quantitative estimate of drug-likeness (QED) is 0.773. The number of amides is 1. The van der Waals surface area contributed by atoms with E-state index in [1.807, 2.05) is 38.1 Å². The summed E-state index contributed by atoms with van der Waals surface area (Å²) in [6.07, 6.45) is 2.90. The Morgan fingerprint density at radius 1 is 1.12 bits per heavy atom. The van der Waals surface area contributed by atoms with Crippen molar-refractivity contribution in [1.82, 2.24) is 0 Å². The first-order valence-electron chi connectivity index (χ1n) is 8.63. The van der Waals surface area contributed by atoms with Crippen molar-refractivity contribution in [2.45, 2.75) is 53.1 Å². The Labute approximate surface area is 145 Å². The minimum atomic E-state index is -0.550. The van der Waals surface area contributed by atoms with E-state index in [4.69, 9.17) is 4.74 Å². The zero-order valence-electron chi connectivity index (χ0n) is 15.1. The second-order valence-corrected chi connectivity index (χ2v) is 6.32. The molecule has 0 aliphatic rings. The van der Waals surface area contributed by atoms with E-state index in [1.54, 1.807) is 6.92 Å². The fourth-order valence-corrected chi connectivity index (χ4v) is 2.56. The number of carbonyl (C=O) groups excluding carboxylic acids is 1. The number of rotatable bonds is 7. The predicted molar refractivity (Wildman–Crippen MR) is 99.7 cm³/mol. The molecule has 0 saturated heterocycles. The van der Waals surface area contributed by atoms with Gasteiger partial charge in [-0.1, -0.05) is 43.2 Å². The minimum Gasteiger partial charge on any atom is -0.481 e. The predicted octanol–water partition coefficient (Wildman–Crippen LogP) is 5.05. The third-order valence-electron chi connectivity index (χ3n) is 4.04. The molecule has 0 saturated carbocycles. The molecule has 3 heteroatoms. The van der Waals surface area contributed by atoms with Crippen LogP contribution in [0.2, 0.25) is 0 Å². The van der Waals surface area contributed by atoms with Crippen LogP contribution in [0.25, 0.3) is 0 Å². The second kappa shape index (κ2) is 8.53. The maximum Gasteiger partial charge on any atom is 0.265 e.